The van der Waals surface area contributed by atoms with Gasteiger partial charge in [0.1, 0.15) is 12.0 Å². The molecule has 3 aromatic carbocycles. The van der Waals surface area contributed by atoms with E-state index < -0.39 is 0 Å². The van der Waals surface area contributed by atoms with Crippen molar-refractivity contribution in [2.24, 2.45) is 5.92 Å². The highest BCUT2D eigenvalue weighted by molar-refractivity contribution is 6.29. The van der Waals surface area contributed by atoms with Crippen LogP contribution >= 0.6 is 0 Å². The summed E-state index contributed by atoms with van der Waals surface area (Å²) in [6.07, 6.45) is 9.11. The molecule has 0 spiro atoms. The Hall–Kier alpha value is -3.66. The maximum Gasteiger partial charge on any atom is 0.256 e. The summed E-state index contributed by atoms with van der Waals surface area (Å²) in [5.41, 5.74) is 4.77. The molecule has 0 saturated heterocycles. The van der Waals surface area contributed by atoms with Crippen molar-refractivity contribution in [3.63, 3.8) is 0 Å². The molecule has 1 saturated carbocycles. The topological polar surface area (TPSA) is 55.4 Å². The number of hydrogen-bond donors (Lipinski definition) is 1. The first-order valence-corrected chi connectivity index (χ1v) is 13.2. The second-order valence-electron chi connectivity index (χ2n) is 11.0. The molecule has 4 heteroatoms. The van der Waals surface area contributed by atoms with Crippen molar-refractivity contribution in [1.29, 1.82) is 0 Å². The van der Waals surface area contributed by atoms with E-state index in [4.69, 9.17) is 4.74 Å². The largest absolute Gasteiger partial charge is 0.493 e. The standard InChI is InChI=1S/C33H37NO3/c1-33(2,3)28-15-13-27(14-16-28)31(21-24-9-11-25(22-35)12-10-24)32(36)34-29-17-19-30(20-18-29)37-23-26-7-5-4-6-8-26/h9-22,26H,4-8,23H2,1-3H3,(H,34,36)/b31-21+. The van der Waals surface area contributed by atoms with Gasteiger partial charge in [0.25, 0.3) is 5.91 Å². The highest BCUT2D eigenvalue weighted by atomic mass is 16.5. The molecule has 0 radical (unpaired) electrons. The average molecular weight is 496 g/mol. The number of carbonyl (C=O) groups is 2. The molecule has 4 rings (SSSR count). The van der Waals surface area contributed by atoms with Crippen molar-refractivity contribution >= 4 is 29.5 Å². The third-order valence-corrected chi connectivity index (χ3v) is 7.01. The number of hydrogen-bond acceptors (Lipinski definition) is 3. The smallest absolute Gasteiger partial charge is 0.256 e. The Morgan fingerprint density at radius 1 is 0.865 bits per heavy atom. The lowest BCUT2D eigenvalue weighted by Crippen LogP contribution is -2.15. The average Bonchev–Trinajstić information content (AvgIpc) is 2.92. The van der Waals surface area contributed by atoms with Crippen LogP contribution in [0.2, 0.25) is 0 Å². The van der Waals surface area contributed by atoms with Crippen molar-refractivity contribution in [3.05, 3.63) is 95.1 Å². The summed E-state index contributed by atoms with van der Waals surface area (Å²) in [6.45, 7) is 7.26. The van der Waals surface area contributed by atoms with Crippen LogP contribution in [0.5, 0.6) is 5.75 Å². The van der Waals surface area contributed by atoms with Crippen LogP contribution in [-0.2, 0) is 10.2 Å². The first-order chi connectivity index (χ1) is 17.8. The number of aldehydes is 1. The van der Waals surface area contributed by atoms with E-state index in [1.165, 1.54) is 37.7 Å². The fourth-order valence-electron chi connectivity index (χ4n) is 4.67. The molecule has 4 nitrogen and oxygen atoms in total. The molecule has 1 aliphatic carbocycles. The third kappa shape index (κ3) is 7.42. The van der Waals surface area contributed by atoms with Crippen LogP contribution in [0.4, 0.5) is 5.69 Å². The molecule has 0 bridgehead atoms. The minimum atomic E-state index is -0.196. The van der Waals surface area contributed by atoms with Gasteiger partial charge in [-0.15, -0.1) is 0 Å². The Labute approximate surface area is 220 Å². The van der Waals surface area contributed by atoms with E-state index in [0.717, 1.165) is 29.8 Å². The van der Waals surface area contributed by atoms with Crippen LogP contribution in [-0.4, -0.2) is 18.8 Å². The van der Waals surface area contributed by atoms with Gasteiger partial charge in [-0.2, -0.15) is 0 Å². The second kappa shape index (κ2) is 12.1. The number of carbonyl (C=O) groups excluding carboxylic acids is 2. The summed E-state index contributed by atoms with van der Waals surface area (Å²) in [5.74, 6) is 1.28. The first-order valence-electron chi connectivity index (χ1n) is 13.2. The molecular formula is C33H37NO3. The monoisotopic (exact) mass is 495 g/mol. The molecule has 1 aliphatic rings. The van der Waals surface area contributed by atoms with Crippen LogP contribution in [0.3, 0.4) is 0 Å². The number of amides is 1. The number of nitrogens with one attached hydrogen (secondary N) is 1. The number of ether oxygens (including phenoxy) is 1. The maximum atomic E-state index is 13.5. The van der Waals surface area contributed by atoms with Crippen LogP contribution in [0, 0.1) is 5.92 Å². The molecule has 192 valence electrons. The predicted molar refractivity (Wildman–Crippen MR) is 152 cm³/mol. The number of benzene rings is 3. The lowest BCUT2D eigenvalue weighted by Gasteiger charge is -2.21. The Morgan fingerprint density at radius 2 is 1.49 bits per heavy atom. The molecule has 3 aromatic rings. The van der Waals surface area contributed by atoms with Gasteiger partial charge in [-0.25, -0.2) is 0 Å². The summed E-state index contributed by atoms with van der Waals surface area (Å²) < 4.78 is 6.01. The van der Waals surface area contributed by atoms with Crippen molar-refractivity contribution in [2.45, 2.75) is 58.3 Å². The summed E-state index contributed by atoms with van der Waals surface area (Å²) in [6, 6.07) is 22.9. The molecular weight excluding hydrogens is 458 g/mol. The molecule has 1 N–H and O–H groups in total. The molecule has 0 unspecified atom stereocenters. The summed E-state index contributed by atoms with van der Waals surface area (Å²) >= 11 is 0. The van der Waals surface area contributed by atoms with Crippen LogP contribution in [0.15, 0.2) is 72.8 Å². The van der Waals surface area contributed by atoms with Gasteiger partial charge < -0.3 is 10.1 Å². The van der Waals surface area contributed by atoms with E-state index >= 15 is 0 Å². The van der Waals surface area contributed by atoms with Crippen LogP contribution in [0.25, 0.3) is 11.6 Å². The minimum absolute atomic E-state index is 0.0239. The highest BCUT2D eigenvalue weighted by Crippen LogP contribution is 2.28. The highest BCUT2D eigenvalue weighted by Gasteiger charge is 2.17. The molecule has 0 aromatic heterocycles. The van der Waals surface area contributed by atoms with E-state index in [0.29, 0.717) is 22.7 Å². The number of rotatable bonds is 8. The lowest BCUT2D eigenvalue weighted by molar-refractivity contribution is -0.111. The first kappa shape index (κ1) is 26.4. The van der Waals surface area contributed by atoms with E-state index in [1.54, 1.807) is 12.1 Å². The van der Waals surface area contributed by atoms with Crippen molar-refractivity contribution < 1.29 is 14.3 Å². The van der Waals surface area contributed by atoms with E-state index in [9.17, 15) is 9.59 Å². The van der Waals surface area contributed by atoms with Gasteiger partial charge in [-0.3, -0.25) is 9.59 Å². The lowest BCUT2D eigenvalue weighted by atomic mass is 9.86. The molecule has 0 aliphatic heterocycles. The quantitative estimate of drug-likeness (QED) is 0.196. The van der Waals surface area contributed by atoms with Gasteiger partial charge in [0.05, 0.1) is 6.61 Å². The molecule has 0 atom stereocenters. The summed E-state index contributed by atoms with van der Waals surface area (Å²) in [5, 5.41) is 3.04. The van der Waals surface area contributed by atoms with Gasteiger partial charge in [-0.1, -0.05) is 88.6 Å². The third-order valence-electron chi connectivity index (χ3n) is 7.01. The number of anilines is 1. The van der Waals surface area contributed by atoms with E-state index in [1.807, 2.05) is 54.6 Å². The maximum absolute atomic E-state index is 13.5. The Morgan fingerprint density at radius 3 is 2.08 bits per heavy atom. The normalized spacial score (nSPS) is 14.7. The molecule has 37 heavy (non-hydrogen) atoms. The van der Waals surface area contributed by atoms with Gasteiger partial charge in [-0.05, 0) is 71.2 Å². The molecule has 1 fully saturated rings. The van der Waals surface area contributed by atoms with Crippen molar-refractivity contribution in [3.8, 4) is 5.75 Å². The second-order valence-corrected chi connectivity index (χ2v) is 11.0. The van der Waals surface area contributed by atoms with Crippen LogP contribution < -0.4 is 10.1 Å². The molecule has 1 amide bonds. The fourth-order valence-corrected chi connectivity index (χ4v) is 4.67. The van der Waals surface area contributed by atoms with Gasteiger partial charge in [0.15, 0.2) is 0 Å². The zero-order valence-corrected chi connectivity index (χ0v) is 22.1. The van der Waals surface area contributed by atoms with Gasteiger partial charge in [0.2, 0.25) is 0 Å². The SMILES string of the molecule is CC(C)(C)c1ccc(/C(=C\c2ccc(C=O)cc2)C(=O)Nc2ccc(OCC3CCCCC3)cc2)cc1. The van der Waals surface area contributed by atoms with E-state index in [2.05, 4.69) is 38.2 Å². The Balaban J connectivity index is 1.51. The molecule has 0 heterocycles. The predicted octanol–water partition coefficient (Wildman–Crippen LogP) is 7.94. The van der Waals surface area contributed by atoms with Crippen molar-refractivity contribution in [1.82, 2.24) is 0 Å². The van der Waals surface area contributed by atoms with Gasteiger partial charge >= 0.3 is 0 Å². The summed E-state index contributed by atoms with van der Waals surface area (Å²) in [4.78, 5) is 24.5. The van der Waals surface area contributed by atoms with Crippen LogP contribution in [0.1, 0.15) is 79.9 Å². The Kier molecular flexibility index (Phi) is 8.60. The zero-order valence-electron chi connectivity index (χ0n) is 22.1. The van der Waals surface area contributed by atoms with E-state index in [-0.39, 0.29) is 11.3 Å². The van der Waals surface area contributed by atoms with Crippen molar-refractivity contribution in [2.75, 3.05) is 11.9 Å². The van der Waals surface area contributed by atoms with Gasteiger partial charge in [0, 0.05) is 16.8 Å². The minimum Gasteiger partial charge on any atom is -0.493 e. The summed E-state index contributed by atoms with van der Waals surface area (Å²) in [7, 11) is 0. The Bertz CT molecular complexity index is 1210. The zero-order chi connectivity index (χ0) is 26.3. The fraction of sp³-hybridized carbons (Fsp3) is 0.333.